The highest BCUT2D eigenvalue weighted by molar-refractivity contribution is 7.92. The Morgan fingerprint density at radius 3 is 2.23 bits per heavy atom. The number of carbonyl (C=O) groups excluding carboxylic acids is 2. The number of amides is 2. The molecule has 1 atom stereocenters. The quantitative estimate of drug-likeness (QED) is 0.365. The van der Waals surface area contributed by atoms with Crippen molar-refractivity contribution in [3.05, 3.63) is 95.3 Å². The van der Waals surface area contributed by atoms with Gasteiger partial charge in [-0.2, -0.15) is 0 Å². The molecule has 3 aromatic rings. The van der Waals surface area contributed by atoms with E-state index in [1.54, 1.807) is 43.3 Å². The molecule has 39 heavy (non-hydrogen) atoms. The molecule has 0 unspecified atom stereocenters. The minimum atomic E-state index is -4.20. The Hall–Kier alpha value is -3.43. The molecule has 0 radical (unpaired) electrons. The van der Waals surface area contributed by atoms with Gasteiger partial charge in [-0.05, 0) is 61.7 Å². The number of benzene rings is 3. The lowest BCUT2D eigenvalue weighted by molar-refractivity contribution is -0.139. The topological polar surface area (TPSA) is 86.8 Å². The third-order valence-electron chi connectivity index (χ3n) is 6.87. The SMILES string of the molecule is C[C@H](C(=O)NC1CCCC1)N(Cc1ccc(F)cc1)C(=O)CN(c1ccccc1Cl)S(=O)(=O)c1ccccc1. The average molecular weight is 572 g/mol. The second-order valence-electron chi connectivity index (χ2n) is 9.59. The summed E-state index contributed by atoms with van der Waals surface area (Å²) in [6.45, 7) is 1.00. The average Bonchev–Trinajstić information content (AvgIpc) is 3.45. The molecule has 2 amide bonds. The van der Waals surface area contributed by atoms with Crippen LogP contribution in [-0.2, 0) is 26.2 Å². The second-order valence-corrected chi connectivity index (χ2v) is 11.9. The van der Waals surface area contributed by atoms with E-state index in [1.807, 2.05) is 0 Å². The number of anilines is 1. The summed E-state index contributed by atoms with van der Waals surface area (Å²) in [7, 11) is -4.20. The van der Waals surface area contributed by atoms with Crippen molar-refractivity contribution >= 4 is 39.1 Å². The summed E-state index contributed by atoms with van der Waals surface area (Å²) in [5.41, 5.74) is 0.738. The molecule has 3 aromatic carbocycles. The number of rotatable bonds is 10. The van der Waals surface area contributed by atoms with Crippen LogP contribution >= 0.6 is 11.6 Å². The van der Waals surface area contributed by atoms with E-state index >= 15 is 0 Å². The zero-order valence-electron chi connectivity index (χ0n) is 21.6. The van der Waals surface area contributed by atoms with Gasteiger partial charge in [0.2, 0.25) is 11.8 Å². The highest BCUT2D eigenvalue weighted by Gasteiger charge is 2.34. The molecule has 1 N–H and O–H groups in total. The summed E-state index contributed by atoms with van der Waals surface area (Å²) in [6, 6.07) is 18.9. The maximum absolute atomic E-state index is 13.9. The Bertz CT molecular complexity index is 1400. The zero-order valence-corrected chi connectivity index (χ0v) is 23.2. The standard InChI is InChI=1S/C29H31ClFN3O4S/c1-21(29(36)32-24-9-5-6-10-24)33(19-22-15-17-23(31)18-16-22)28(35)20-34(27-14-8-7-13-26(27)30)39(37,38)25-11-3-2-4-12-25/h2-4,7-8,11-18,21,24H,5-6,9-10,19-20H2,1H3,(H,32,36)/t21-/m1/s1. The maximum atomic E-state index is 13.9. The second kappa shape index (κ2) is 12.6. The molecular weight excluding hydrogens is 541 g/mol. The third-order valence-corrected chi connectivity index (χ3v) is 8.96. The number of sulfonamides is 1. The Morgan fingerprint density at radius 1 is 0.974 bits per heavy atom. The molecule has 4 rings (SSSR count). The van der Waals surface area contributed by atoms with E-state index in [0.29, 0.717) is 5.56 Å². The van der Waals surface area contributed by atoms with Gasteiger partial charge in [0.25, 0.3) is 10.0 Å². The van der Waals surface area contributed by atoms with E-state index in [1.165, 1.54) is 47.4 Å². The number of carbonyl (C=O) groups is 2. The van der Waals surface area contributed by atoms with Crippen LogP contribution in [0.25, 0.3) is 0 Å². The molecule has 0 bridgehead atoms. The number of hydrogen-bond donors (Lipinski definition) is 1. The van der Waals surface area contributed by atoms with Crippen LogP contribution in [0.15, 0.2) is 83.8 Å². The molecule has 1 fully saturated rings. The highest BCUT2D eigenvalue weighted by Crippen LogP contribution is 2.30. The minimum absolute atomic E-state index is 0.00479. The van der Waals surface area contributed by atoms with E-state index < -0.39 is 34.3 Å². The van der Waals surface area contributed by atoms with Crippen LogP contribution in [0.2, 0.25) is 5.02 Å². The fraction of sp³-hybridized carbons (Fsp3) is 0.310. The van der Waals surface area contributed by atoms with Gasteiger partial charge in [-0.3, -0.25) is 13.9 Å². The molecule has 0 aromatic heterocycles. The van der Waals surface area contributed by atoms with Crippen LogP contribution < -0.4 is 9.62 Å². The van der Waals surface area contributed by atoms with Gasteiger partial charge in [0.1, 0.15) is 18.4 Å². The Balaban J connectivity index is 1.68. The number of halogens is 2. The van der Waals surface area contributed by atoms with E-state index in [9.17, 15) is 22.4 Å². The molecule has 0 spiro atoms. The van der Waals surface area contributed by atoms with Crippen LogP contribution in [-0.4, -0.2) is 43.8 Å². The first-order valence-electron chi connectivity index (χ1n) is 12.8. The third kappa shape index (κ3) is 6.96. The van der Waals surface area contributed by atoms with Crippen LogP contribution in [0, 0.1) is 5.82 Å². The van der Waals surface area contributed by atoms with E-state index in [0.717, 1.165) is 30.0 Å². The number of nitrogens with one attached hydrogen (secondary N) is 1. The Labute approximate surface area is 233 Å². The predicted octanol–water partition coefficient (Wildman–Crippen LogP) is 5.15. The van der Waals surface area contributed by atoms with Crippen molar-refractivity contribution in [2.24, 2.45) is 0 Å². The molecule has 0 aliphatic heterocycles. The van der Waals surface area contributed by atoms with Crippen LogP contribution in [0.1, 0.15) is 38.2 Å². The molecule has 7 nitrogen and oxygen atoms in total. The van der Waals surface area contributed by atoms with Crippen molar-refractivity contribution in [2.75, 3.05) is 10.8 Å². The first kappa shape index (κ1) is 28.6. The molecule has 1 aliphatic carbocycles. The fourth-order valence-electron chi connectivity index (χ4n) is 4.65. The Morgan fingerprint density at radius 2 is 1.59 bits per heavy atom. The van der Waals surface area contributed by atoms with Crippen molar-refractivity contribution in [3.63, 3.8) is 0 Å². The van der Waals surface area contributed by atoms with Gasteiger partial charge in [-0.1, -0.05) is 66.9 Å². The summed E-state index contributed by atoms with van der Waals surface area (Å²) < 4.78 is 42.0. The number of para-hydroxylation sites is 1. The maximum Gasteiger partial charge on any atom is 0.264 e. The lowest BCUT2D eigenvalue weighted by Crippen LogP contribution is -2.52. The molecule has 1 aliphatic rings. The zero-order chi connectivity index (χ0) is 28.0. The van der Waals surface area contributed by atoms with Gasteiger partial charge < -0.3 is 10.2 Å². The van der Waals surface area contributed by atoms with Crippen LogP contribution in [0.5, 0.6) is 0 Å². The summed E-state index contributed by atoms with van der Waals surface area (Å²) in [5.74, 6) is -1.36. The smallest absolute Gasteiger partial charge is 0.264 e. The van der Waals surface area contributed by atoms with E-state index in [4.69, 9.17) is 11.6 Å². The largest absolute Gasteiger partial charge is 0.352 e. The summed E-state index contributed by atoms with van der Waals surface area (Å²) in [6.07, 6.45) is 3.81. The van der Waals surface area contributed by atoms with E-state index in [2.05, 4.69) is 5.32 Å². The van der Waals surface area contributed by atoms with Crippen LogP contribution in [0.3, 0.4) is 0 Å². The summed E-state index contributed by atoms with van der Waals surface area (Å²) in [4.78, 5) is 28.4. The predicted molar refractivity (Wildman–Crippen MR) is 149 cm³/mol. The molecule has 1 saturated carbocycles. The normalized spacial score (nSPS) is 14.5. The molecule has 206 valence electrons. The van der Waals surface area contributed by atoms with Gasteiger partial charge in [0.05, 0.1) is 15.6 Å². The lowest BCUT2D eigenvalue weighted by Gasteiger charge is -2.32. The van der Waals surface area contributed by atoms with Gasteiger partial charge in [0, 0.05) is 12.6 Å². The van der Waals surface area contributed by atoms with Gasteiger partial charge >= 0.3 is 0 Å². The molecule has 0 heterocycles. The van der Waals surface area contributed by atoms with Crippen molar-refractivity contribution < 1.29 is 22.4 Å². The van der Waals surface area contributed by atoms with Gasteiger partial charge in [-0.15, -0.1) is 0 Å². The summed E-state index contributed by atoms with van der Waals surface area (Å²) >= 11 is 6.40. The van der Waals surface area contributed by atoms with Crippen molar-refractivity contribution in [2.45, 2.75) is 56.1 Å². The number of hydrogen-bond acceptors (Lipinski definition) is 4. The van der Waals surface area contributed by atoms with Crippen LogP contribution in [0.4, 0.5) is 10.1 Å². The molecular formula is C29H31ClFN3O4S. The fourth-order valence-corrected chi connectivity index (χ4v) is 6.39. The van der Waals surface area contributed by atoms with Gasteiger partial charge in [-0.25, -0.2) is 12.8 Å². The Kier molecular flexibility index (Phi) is 9.24. The molecule has 10 heteroatoms. The monoisotopic (exact) mass is 571 g/mol. The van der Waals surface area contributed by atoms with E-state index in [-0.39, 0.29) is 34.1 Å². The highest BCUT2D eigenvalue weighted by atomic mass is 35.5. The number of nitrogens with zero attached hydrogens (tertiary/aromatic N) is 2. The van der Waals surface area contributed by atoms with Crippen molar-refractivity contribution in [1.82, 2.24) is 10.2 Å². The van der Waals surface area contributed by atoms with Crippen molar-refractivity contribution in [3.8, 4) is 0 Å². The lowest BCUT2D eigenvalue weighted by atomic mass is 10.1. The summed E-state index contributed by atoms with van der Waals surface area (Å²) in [5, 5.41) is 3.17. The van der Waals surface area contributed by atoms with Crippen molar-refractivity contribution in [1.29, 1.82) is 0 Å². The molecule has 0 saturated heterocycles. The van der Waals surface area contributed by atoms with Gasteiger partial charge in [0.15, 0.2) is 0 Å². The first-order chi connectivity index (χ1) is 18.7. The minimum Gasteiger partial charge on any atom is -0.352 e. The first-order valence-corrected chi connectivity index (χ1v) is 14.6.